The van der Waals surface area contributed by atoms with E-state index < -0.39 is 0 Å². The van der Waals surface area contributed by atoms with Crippen LogP contribution in [0.15, 0.2) is 0 Å². The molecule has 0 aromatic heterocycles. The Morgan fingerprint density at radius 2 is 1.39 bits per heavy atom. The van der Waals surface area contributed by atoms with Crippen molar-refractivity contribution in [3.63, 3.8) is 0 Å². The molecule has 108 valence electrons. The van der Waals surface area contributed by atoms with Crippen molar-refractivity contribution in [1.82, 2.24) is 5.32 Å². The van der Waals surface area contributed by atoms with Crippen LogP contribution in [-0.2, 0) is 4.79 Å². The first-order chi connectivity index (χ1) is 7.91. The van der Waals surface area contributed by atoms with Crippen molar-refractivity contribution in [1.29, 1.82) is 0 Å². The van der Waals surface area contributed by atoms with Crippen LogP contribution in [0.1, 0.15) is 68.2 Å². The summed E-state index contributed by atoms with van der Waals surface area (Å²) in [6, 6.07) is 0. The summed E-state index contributed by atoms with van der Waals surface area (Å²) in [4.78, 5) is 12.0. The number of carbonyl (C=O) groups excluding carboxylic acids is 1. The highest BCUT2D eigenvalue weighted by Crippen LogP contribution is 2.25. The van der Waals surface area contributed by atoms with Crippen molar-refractivity contribution in [3.8, 4) is 0 Å². The Hall–Kier alpha value is -0.530. The van der Waals surface area contributed by atoms with E-state index in [0.717, 1.165) is 19.4 Å². The average molecular weight is 255 g/mol. The van der Waals surface area contributed by atoms with Gasteiger partial charge in [0.25, 0.3) is 0 Å². The van der Waals surface area contributed by atoms with Crippen LogP contribution in [0.5, 0.6) is 0 Å². The third-order valence-electron chi connectivity index (χ3n) is 2.95. The molecule has 0 saturated heterocycles. The Bertz CT molecular complexity index is 257. The van der Waals surface area contributed by atoms with Gasteiger partial charge < -0.3 is 5.32 Å². The van der Waals surface area contributed by atoms with E-state index >= 15 is 0 Å². The number of carbonyl (C=O) groups is 1. The highest BCUT2D eigenvalue weighted by atomic mass is 16.1. The zero-order chi connectivity index (χ0) is 14.6. The summed E-state index contributed by atoms with van der Waals surface area (Å²) in [5.41, 5.74) is 0.551. The molecule has 0 fully saturated rings. The maximum Gasteiger partial charge on any atom is 0.222 e. The second-order valence-electron chi connectivity index (χ2n) is 8.28. The van der Waals surface area contributed by atoms with Gasteiger partial charge in [0, 0.05) is 12.5 Å². The van der Waals surface area contributed by atoms with Crippen LogP contribution in [0.2, 0.25) is 0 Å². The van der Waals surface area contributed by atoms with Crippen LogP contribution < -0.4 is 5.32 Å². The number of hydrogen-bond acceptors (Lipinski definition) is 1. The van der Waals surface area contributed by atoms with Gasteiger partial charge in [-0.25, -0.2) is 0 Å². The first kappa shape index (κ1) is 17.5. The Morgan fingerprint density at radius 1 is 0.944 bits per heavy atom. The van der Waals surface area contributed by atoms with E-state index in [4.69, 9.17) is 0 Å². The van der Waals surface area contributed by atoms with Gasteiger partial charge in [0.2, 0.25) is 5.91 Å². The molecule has 0 rings (SSSR count). The molecule has 0 bridgehead atoms. The molecule has 1 amide bonds. The maximum atomic E-state index is 12.0. The summed E-state index contributed by atoms with van der Waals surface area (Å²) < 4.78 is 0. The Morgan fingerprint density at radius 3 is 1.78 bits per heavy atom. The Labute approximate surface area is 114 Å². The minimum absolute atomic E-state index is 0.104. The summed E-state index contributed by atoms with van der Waals surface area (Å²) in [6.07, 6.45) is 2.08. The number of rotatable bonds is 5. The fourth-order valence-electron chi connectivity index (χ4n) is 2.58. The summed E-state index contributed by atoms with van der Waals surface area (Å²) in [5.74, 6) is 0.841. The van der Waals surface area contributed by atoms with Gasteiger partial charge in [0.15, 0.2) is 0 Å². The molecule has 0 radical (unpaired) electrons. The predicted octanol–water partition coefficient (Wildman–Crippen LogP) is 4.25. The molecule has 18 heavy (non-hydrogen) atoms. The van der Waals surface area contributed by atoms with Crippen LogP contribution in [0.25, 0.3) is 0 Å². The third kappa shape index (κ3) is 9.49. The highest BCUT2D eigenvalue weighted by Gasteiger charge is 2.21. The Kier molecular flexibility index (Phi) is 6.39. The van der Waals surface area contributed by atoms with E-state index in [0.29, 0.717) is 11.3 Å². The van der Waals surface area contributed by atoms with Crippen LogP contribution in [0.3, 0.4) is 0 Å². The summed E-state index contributed by atoms with van der Waals surface area (Å²) in [5, 5.41) is 3.09. The lowest BCUT2D eigenvalue weighted by Crippen LogP contribution is -2.35. The minimum atomic E-state index is 0.104. The maximum absolute atomic E-state index is 12.0. The predicted molar refractivity (Wildman–Crippen MR) is 79.5 cm³/mol. The summed E-state index contributed by atoms with van der Waals surface area (Å²) in [7, 11) is 0. The van der Waals surface area contributed by atoms with Gasteiger partial charge in [-0.1, -0.05) is 55.4 Å². The smallest absolute Gasteiger partial charge is 0.222 e. The van der Waals surface area contributed by atoms with Crippen molar-refractivity contribution in [2.45, 2.75) is 68.2 Å². The van der Waals surface area contributed by atoms with E-state index in [-0.39, 0.29) is 17.2 Å². The number of nitrogens with one attached hydrogen (secondary N) is 1. The van der Waals surface area contributed by atoms with Gasteiger partial charge >= 0.3 is 0 Å². The molecule has 2 atom stereocenters. The van der Waals surface area contributed by atoms with Crippen molar-refractivity contribution in [3.05, 3.63) is 0 Å². The fraction of sp³-hybridized carbons (Fsp3) is 0.938. The van der Waals surface area contributed by atoms with Gasteiger partial charge in [-0.05, 0) is 29.6 Å². The quantitative estimate of drug-likeness (QED) is 0.782. The normalized spacial score (nSPS) is 16.2. The van der Waals surface area contributed by atoms with Crippen molar-refractivity contribution in [2.24, 2.45) is 22.7 Å². The first-order valence-electron chi connectivity index (χ1n) is 7.18. The molecular weight excluding hydrogens is 222 g/mol. The van der Waals surface area contributed by atoms with Gasteiger partial charge in [-0.3, -0.25) is 4.79 Å². The molecule has 0 aromatic carbocycles. The lowest BCUT2D eigenvalue weighted by molar-refractivity contribution is -0.125. The third-order valence-corrected chi connectivity index (χ3v) is 2.95. The summed E-state index contributed by atoms with van der Waals surface area (Å²) in [6.45, 7) is 18.3. The molecule has 2 unspecified atom stereocenters. The van der Waals surface area contributed by atoms with E-state index in [9.17, 15) is 4.79 Å². The van der Waals surface area contributed by atoms with Gasteiger partial charge in [0.1, 0.15) is 0 Å². The molecule has 0 heterocycles. The monoisotopic (exact) mass is 255 g/mol. The van der Waals surface area contributed by atoms with Crippen molar-refractivity contribution < 1.29 is 4.79 Å². The van der Waals surface area contributed by atoms with Gasteiger partial charge in [-0.15, -0.1) is 0 Å². The zero-order valence-corrected chi connectivity index (χ0v) is 13.7. The second-order valence-corrected chi connectivity index (χ2v) is 8.28. The van der Waals surface area contributed by atoms with E-state index in [1.54, 1.807) is 0 Å². The minimum Gasteiger partial charge on any atom is -0.356 e. The lowest BCUT2D eigenvalue weighted by atomic mass is 9.84. The topological polar surface area (TPSA) is 29.1 Å². The molecule has 0 aliphatic carbocycles. The highest BCUT2D eigenvalue weighted by molar-refractivity contribution is 5.78. The Balaban J connectivity index is 4.03. The van der Waals surface area contributed by atoms with Crippen LogP contribution >= 0.6 is 0 Å². The van der Waals surface area contributed by atoms with Crippen molar-refractivity contribution >= 4 is 5.91 Å². The van der Waals surface area contributed by atoms with E-state index in [2.05, 4.69) is 53.8 Å². The first-order valence-corrected chi connectivity index (χ1v) is 7.18. The molecule has 2 nitrogen and oxygen atoms in total. The average Bonchev–Trinajstić information content (AvgIpc) is 2.08. The largest absolute Gasteiger partial charge is 0.356 e. The molecule has 0 spiro atoms. The van der Waals surface area contributed by atoms with Crippen molar-refractivity contribution in [2.75, 3.05) is 6.54 Å². The molecule has 1 N–H and O–H groups in total. The van der Waals surface area contributed by atoms with Crippen LogP contribution in [0, 0.1) is 22.7 Å². The number of amides is 1. The zero-order valence-electron chi connectivity index (χ0n) is 13.7. The molecular formula is C16H33NO. The van der Waals surface area contributed by atoms with Gasteiger partial charge in [-0.2, -0.15) is 0 Å². The van der Waals surface area contributed by atoms with E-state index in [1.165, 1.54) is 0 Å². The summed E-state index contributed by atoms with van der Waals surface area (Å²) >= 11 is 0. The van der Waals surface area contributed by atoms with E-state index in [1.807, 2.05) is 6.92 Å². The SMILES string of the molecule is CC(CNC(=O)C(C)CC(C)(C)C)CC(C)(C)C. The van der Waals surface area contributed by atoms with Gasteiger partial charge in [0.05, 0.1) is 0 Å². The van der Waals surface area contributed by atoms with Crippen LogP contribution in [0.4, 0.5) is 0 Å². The van der Waals surface area contributed by atoms with Crippen LogP contribution in [-0.4, -0.2) is 12.5 Å². The number of hydrogen-bond donors (Lipinski definition) is 1. The molecule has 2 heteroatoms. The second kappa shape index (κ2) is 6.58. The molecule has 0 aliphatic rings. The standard InChI is InChI=1S/C16H33NO/c1-12(9-15(3,4)5)11-17-14(18)13(2)10-16(6,7)8/h12-13H,9-11H2,1-8H3,(H,17,18). The molecule has 0 aliphatic heterocycles. The lowest BCUT2D eigenvalue weighted by Gasteiger charge is -2.25. The fourth-order valence-corrected chi connectivity index (χ4v) is 2.58. The molecule has 0 saturated carbocycles. The molecule has 0 aromatic rings.